The minimum absolute atomic E-state index is 0.350. The summed E-state index contributed by atoms with van der Waals surface area (Å²) < 4.78 is 45.0. The van der Waals surface area contributed by atoms with Crippen LogP contribution in [0.4, 0.5) is 8.78 Å². The Kier molecular flexibility index (Phi) is 2.54. The van der Waals surface area contributed by atoms with Gasteiger partial charge in [0.1, 0.15) is 0 Å². The van der Waals surface area contributed by atoms with Crippen molar-refractivity contribution in [3.8, 4) is 0 Å². The summed E-state index contributed by atoms with van der Waals surface area (Å²) in [6, 6.07) is 0. The lowest BCUT2D eigenvalue weighted by Gasteiger charge is -2.07. The highest BCUT2D eigenvalue weighted by Gasteiger charge is 2.37. The summed E-state index contributed by atoms with van der Waals surface area (Å²) in [6.45, 7) is 1.33. The van der Waals surface area contributed by atoms with Crippen molar-refractivity contribution >= 4 is 9.84 Å². The highest BCUT2D eigenvalue weighted by Crippen LogP contribution is 2.21. The average Bonchev–Trinajstić information content (AvgIpc) is 1.61. The van der Waals surface area contributed by atoms with E-state index in [2.05, 4.69) is 0 Å². The predicted molar refractivity (Wildman–Crippen MR) is 34.6 cm³/mol. The molecule has 0 heterocycles. The third kappa shape index (κ3) is 2.06. The van der Waals surface area contributed by atoms with Crippen LogP contribution in [-0.4, -0.2) is 19.9 Å². The maximum absolute atomic E-state index is 12.3. The molecule has 0 fully saturated rings. The molecule has 0 unspecified atom stereocenters. The monoisotopic (exact) mass is 170 g/mol. The lowest BCUT2D eigenvalue weighted by molar-refractivity contribution is 0.148. The lowest BCUT2D eigenvalue weighted by atomic mass is 10.5. The molecular formula is C5H8F2O2S. The van der Waals surface area contributed by atoms with Gasteiger partial charge in [0.15, 0.2) is 0 Å². The Morgan fingerprint density at radius 1 is 1.40 bits per heavy atom. The lowest BCUT2D eigenvalue weighted by Crippen LogP contribution is -2.24. The van der Waals surface area contributed by atoms with Gasteiger partial charge in [-0.05, 0) is 13.0 Å². The zero-order valence-electron chi connectivity index (χ0n) is 5.64. The minimum Gasteiger partial charge on any atom is -0.223 e. The molecule has 60 valence electrons. The molecule has 0 saturated heterocycles. The van der Waals surface area contributed by atoms with Gasteiger partial charge in [0.25, 0.3) is 0 Å². The fourth-order valence-electron chi connectivity index (χ4n) is 0.318. The van der Waals surface area contributed by atoms with Gasteiger partial charge in [0, 0.05) is 6.26 Å². The molecule has 0 bridgehead atoms. The van der Waals surface area contributed by atoms with Gasteiger partial charge < -0.3 is 0 Å². The molecule has 0 radical (unpaired) electrons. The summed E-state index contributed by atoms with van der Waals surface area (Å²) in [6.07, 6.45) is 1.84. The van der Waals surface area contributed by atoms with Crippen LogP contribution in [0.2, 0.25) is 0 Å². The fraction of sp³-hybridized carbons (Fsp3) is 0.600. The molecule has 0 atom stereocenters. The Labute approximate surface area is 58.5 Å². The average molecular weight is 170 g/mol. The Bertz CT molecular complexity index is 228. The molecule has 0 amide bonds. The Morgan fingerprint density at radius 3 is 1.90 bits per heavy atom. The number of rotatable bonds is 2. The van der Waals surface area contributed by atoms with Crippen LogP contribution in [0, 0.1) is 0 Å². The highest BCUT2D eigenvalue weighted by molar-refractivity contribution is 7.91. The molecule has 5 heteroatoms. The van der Waals surface area contributed by atoms with Gasteiger partial charge in [0.05, 0.1) is 0 Å². The van der Waals surface area contributed by atoms with E-state index in [0.717, 1.165) is 6.08 Å². The smallest absolute Gasteiger partial charge is 0.223 e. The number of sulfone groups is 1. The Morgan fingerprint density at radius 2 is 1.80 bits per heavy atom. The van der Waals surface area contributed by atoms with Gasteiger partial charge in [-0.15, -0.1) is 0 Å². The molecular weight excluding hydrogens is 162 g/mol. The van der Waals surface area contributed by atoms with E-state index in [9.17, 15) is 17.2 Å². The second-order valence-corrected chi connectivity index (χ2v) is 3.92. The number of halogens is 2. The molecule has 2 nitrogen and oxygen atoms in total. The molecule has 0 saturated carbocycles. The van der Waals surface area contributed by atoms with Crippen LogP contribution in [0.15, 0.2) is 12.2 Å². The Balaban J connectivity index is 4.76. The van der Waals surface area contributed by atoms with Crippen LogP contribution in [-0.2, 0) is 9.84 Å². The first-order chi connectivity index (χ1) is 4.31. The van der Waals surface area contributed by atoms with Gasteiger partial charge in [0.2, 0.25) is 9.84 Å². The largest absolute Gasteiger partial charge is 0.363 e. The van der Waals surface area contributed by atoms with Crippen molar-refractivity contribution in [2.24, 2.45) is 0 Å². The molecule has 0 aliphatic carbocycles. The molecule has 10 heavy (non-hydrogen) atoms. The van der Waals surface area contributed by atoms with Crippen LogP contribution in [0.1, 0.15) is 6.92 Å². The molecule has 0 aromatic carbocycles. The highest BCUT2D eigenvalue weighted by atomic mass is 32.2. The van der Waals surface area contributed by atoms with Gasteiger partial charge in [-0.1, -0.05) is 6.08 Å². The van der Waals surface area contributed by atoms with E-state index in [1.165, 1.54) is 6.92 Å². The summed E-state index contributed by atoms with van der Waals surface area (Å²) in [5.41, 5.74) is 0. The Hall–Kier alpha value is -0.450. The van der Waals surface area contributed by atoms with Crippen molar-refractivity contribution in [2.45, 2.75) is 12.2 Å². The van der Waals surface area contributed by atoms with Crippen molar-refractivity contribution in [3.63, 3.8) is 0 Å². The van der Waals surface area contributed by atoms with Crippen LogP contribution < -0.4 is 0 Å². The molecule has 0 spiro atoms. The fourth-order valence-corrected chi connectivity index (χ4v) is 0.701. The van der Waals surface area contributed by atoms with E-state index in [4.69, 9.17) is 0 Å². The molecule has 0 N–H and O–H groups in total. The summed E-state index contributed by atoms with van der Waals surface area (Å²) in [4.78, 5) is 0. The van der Waals surface area contributed by atoms with Crippen molar-refractivity contribution in [2.75, 3.05) is 6.26 Å². The summed E-state index contributed by atoms with van der Waals surface area (Å²) >= 11 is 0. The van der Waals surface area contributed by atoms with E-state index in [1.807, 2.05) is 0 Å². The van der Waals surface area contributed by atoms with Gasteiger partial charge in [-0.3, -0.25) is 0 Å². The maximum atomic E-state index is 12.3. The van der Waals surface area contributed by atoms with Crippen LogP contribution in [0.5, 0.6) is 0 Å². The van der Waals surface area contributed by atoms with Crippen LogP contribution in [0.25, 0.3) is 0 Å². The SMILES string of the molecule is C/C=C/C(F)(F)S(C)(=O)=O. The van der Waals surface area contributed by atoms with Gasteiger partial charge in [-0.25, -0.2) is 8.42 Å². The predicted octanol–water partition coefficient (Wildman–Crippen LogP) is 1.20. The van der Waals surface area contributed by atoms with Crippen LogP contribution in [0.3, 0.4) is 0 Å². The standard InChI is InChI=1S/C5H8F2O2S/c1-3-4-5(6,7)10(2,8)9/h3-4H,1-2H3/b4-3+. The summed E-state index contributed by atoms with van der Waals surface area (Å²) in [7, 11) is -4.28. The van der Waals surface area contributed by atoms with E-state index in [1.54, 1.807) is 0 Å². The number of allylic oxidation sites excluding steroid dienone is 1. The molecule has 0 aliphatic heterocycles. The topological polar surface area (TPSA) is 34.1 Å². The van der Waals surface area contributed by atoms with E-state index in [-0.39, 0.29) is 0 Å². The molecule has 0 aromatic heterocycles. The zero-order valence-corrected chi connectivity index (χ0v) is 6.45. The second kappa shape index (κ2) is 2.65. The van der Waals surface area contributed by atoms with Crippen molar-refractivity contribution in [1.29, 1.82) is 0 Å². The quantitative estimate of drug-likeness (QED) is 0.583. The summed E-state index contributed by atoms with van der Waals surface area (Å²) in [5, 5.41) is -3.72. The normalized spacial score (nSPS) is 14.4. The molecule has 0 aromatic rings. The van der Waals surface area contributed by atoms with Crippen molar-refractivity contribution in [1.82, 2.24) is 0 Å². The second-order valence-electron chi connectivity index (χ2n) is 1.83. The third-order valence-electron chi connectivity index (χ3n) is 0.855. The first kappa shape index (κ1) is 9.55. The first-order valence-corrected chi connectivity index (χ1v) is 4.41. The van der Waals surface area contributed by atoms with Crippen molar-refractivity contribution < 1.29 is 17.2 Å². The minimum atomic E-state index is -4.28. The van der Waals surface area contributed by atoms with Gasteiger partial charge >= 0.3 is 5.25 Å². The van der Waals surface area contributed by atoms with Gasteiger partial charge in [-0.2, -0.15) is 8.78 Å². The molecule has 0 rings (SSSR count). The van der Waals surface area contributed by atoms with Crippen molar-refractivity contribution in [3.05, 3.63) is 12.2 Å². The number of alkyl halides is 2. The van der Waals surface area contributed by atoms with Crippen LogP contribution >= 0.6 is 0 Å². The summed E-state index contributed by atoms with van der Waals surface area (Å²) in [5.74, 6) is 0. The maximum Gasteiger partial charge on any atom is 0.363 e. The number of hydrogen-bond donors (Lipinski definition) is 0. The number of hydrogen-bond acceptors (Lipinski definition) is 2. The zero-order chi connectivity index (χ0) is 8.41. The van der Waals surface area contributed by atoms with E-state index in [0.29, 0.717) is 12.3 Å². The molecule has 0 aliphatic rings. The van der Waals surface area contributed by atoms with E-state index >= 15 is 0 Å². The van der Waals surface area contributed by atoms with E-state index < -0.39 is 15.1 Å². The first-order valence-electron chi connectivity index (χ1n) is 2.52. The third-order valence-corrected chi connectivity index (χ3v) is 1.98.